The van der Waals surface area contributed by atoms with Crippen LogP contribution in [0.3, 0.4) is 0 Å². The van der Waals surface area contributed by atoms with Crippen molar-refractivity contribution in [2.45, 2.75) is 19.2 Å². The van der Waals surface area contributed by atoms with Crippen molar-refractivity contribution < 1.29 is 37.7 Å². The van der Waals surface area contributed by atoms with E-state index in [4.69, 9.17) is 10.2 Å². The summed E-state index contributed by atoms with van der Waals surface area (Å²) in [5.41, 5.74) is 0.100. The summed E-state index contributed by atoms with van der Waals surface area (Å²) >= 11 is 0. The van der Waals surface area contributed by atoms with E-state index in [0.717, 1.165) is 12.1 Å². The van der Waals surface area contributed by atoms with Crippen LogP contribution in [-0.2, 0) is 11.2 Å². The predicted molar refractivity (Wildman–Crippen MR) is 67.9 cm³/mol. The molecule has 2 rings (SSSR count). The van der Waals surface area contributed by atoms with E-state index in [0.29, 0.717) is 5.39 Å². The van der Waals surface area contributed by atoms with Crippen LogP contribution in [0.5, 0.6) is 5.75 Å². The Hall–Kier alpha value is -2.71. The number of hydrogen-bond acceptors (Lipinski definition) is 3. The van der Waals surface area contributed by atoms with E-state index in [1.165, 1.54) is 6.07 Å². The summed E-state index contributed by atoms with van der Waals surface area (Å²) in [5, 5.41) is 18.1. The Morgan fingerprint density at radius 3 is 2.45 bits per heavy atom. The van der Waals surface area contributed by atoms with Gasteiger partial charge < -0.3 is 19.9 Å². The van der Waals surface area contributed by atoms with Crippen LogP contribution in [0.15, 0.2) is 18.2 Å². The molecule has 0 aliphatic carbocycles. The standard InChI is InChI=1S/C13H10F3NO5/c14-13(15,16)22-6-1-2-7-8(3-4-10(18)19)11(12(20)21)17-9(7)5-6/h1-2,5,17H,3-4H2,(H,18,19)(H,20,21). The molecule has 0 fully saturated rings. The maximum atomic E-state index is 12.2. The van der Waals surface area contributed by atoms with E-state index >= 15 is 0 Å². The van der Waals surface area contributed by atoms with Crippen molar-refractivity contribution in [2.24, 2.45) is 0 Å². The molecule has 0 saturated heterocycles. The third kappa shape index (κ3) is 3.48. The molecule has 1 aromatic carbocycles. The second kappa shape index (κ2) is 5.58. The summed E-state index contributed by atoms with van der Waals surface area (Å²) < 4.78 is 40.3. The van der Waals surface area contributed by atoms with Gasteiger partial charge in [-0.05, 0) is 24.1 Å². The molecular weight excluding hydrogens is 307 g/mol. The monoisotopic (exact) mass is 317 g/mol. The maximum absolute atomic E-state index is 12.2. The number of carbonyl (C=O) groups is 2. The van der Waals surface area contributed by atoms with Gasteiger partial charge >= 0.3 is 18.3 Å². The fourth-order valence-corrected chi connectivity index (χ4v) is 2.11. The summed E-state index contributed by atoms with van der Waals surface area (Å²) in [6, 6.07) is 3.32. The average molecular weight is 317 g/mol. The van der Waals surface area contributed by atoms with Crippen LogP contribution in [0.4, 0.5) is 13.2 Å². The Bertz CT molecular complexity index is 735. The van der Waals surface area contributed by atoms with Crippen molar-refractivity contribution in [3.63, 3.8) is 0 Å². The molecule has 22 heavy (non-hydrogen) atoms. The molecule has 118 valence electrons. The van der Waals surface area contributed by atoms with Gasteiger partial charge in [0.25, 0.3) is 0 Å². The van der Waals surface area contributed by atoms with Crippen molar-refractivity contribution in [3.8, 4) is 5.75 Å². The molecule has 0 aliphatic heterocycles. The van der Waals surface area contributed by atoms with Gasteiger partial charge in [0, 0.05) is 17.9 Å². The number of halogens is 3. The summed E-state index contributed by atoms with van der Waals surface area (Å²) in [5.74, 6) is -2.93. The minimum Gasteiger partial charge on any atom is -0.481 e. The lowest BCUT2D eigenvalue weighted by atomic mass is 10.1. The fraction of sp³-hybridized carbons (Fsp3) is 0.231. The quantitative estimate of drug-likeness (QED) is 0.787. The fourth-order valence-electron chi connectivity index (χ4n) is 2.11. The molecule has 6 nitrogen and oxygen atoms in total. The minimum atomic E-state index is -4.86. The first-order valence-corrected chi connectivity index (χ1v) is 6.03. The Morgan fingerprint density at radius 2 is 1.91 bits per heavy atom. The zero-order valence-corrected chi connectivity index (χ0v) is 10.9. The van der Waals surface area contributed by atoms with Gasteiger partial charge in [0.05, 0.1) is 5.52 Å². The van der Waals surface area contributed by atoms with Crippen LogP contribution in [-0.4, -0.2) is 33.5 Å². The number of aromatic carboxylic acids is 1. The van der Waals surface area contributed by atoms with Crippen LogP contribution in [0.1, 0.15) is 22.5 Å². The van der Waals surface area contributed by atoms with Crippen LogP contribution >= 0.6 is 0 Å². The topological polar surface area (TPSA) is 99.6 Å². The molecule has 0 aliphatic rings. The van der Waals surface area contributed by atoms with Crippen LogP contribution in [0, 0.1) is 0 Å². The molecule has 2 aromatic rings. The molecule has 3 N–H and O–H groups in total. The zero-order chi connectivity index (χ0) is 16.5. The number of carboxylic acid groups (broad SMARTS) is 2. The zero-order valence-electron chi connectivity index (χ0n) is 10.9. The molecule has 0 atom stereocenters. The lowest BCUT2D eigenvalue weighted by Gasteiger charge is -2.08. The number of aromatic amines is 1. The van der Waals surface area contributed by atoms with Gasteiger partial charge in [-0.25, -0.2) is 4.79 Å². The van der Waals surface area contributed by atoms with Gasteiger partial charge in [-0.2, -0.15) is 0 Å². The van der Waals surface area contributed by atoms with Crippen molar-refractivity contribution in [1.82, 2.24) is 4.98 Å². The average Bonchev–Trinajstić information content (AvgIpc) is 2.72. The first kappa shape index (κ1) is 15.7. The van der Waals surface area contributed by atoms with Crippen LogP contribution < -0.4 is 4.74 Å². The number of H-pyrrole nitrogens is 1. The Morgan fingerprint density at radius 1 is 1.23 bits per heavy atom. The largest absolute Gasteiger partial charge is 0.573 e. The molecule has 0 unspecified atom stereocenters. The number of benzene rings is 1. The number of ether oxygens (including phenoxy) is 1. The van der Waals surface area contributed by atoms with E-state index in [2.05, 4.69) is 9.72 Å². The van der Waals surface area contributed by atoms with E-state index in [9.17, 15) is 22.8 Å². The molecule has 0 radical (unpaired) electrons. The van der Waals surface area contributed by atoms with Gasteiger partial charge in [-0.3, -0.25) is 4.79 Å². The molecule has 1 aromatic heterocycles. The normalized spacial score (nSPS) is 11.6. The van der Waals surface area contributed by atoms with Gasteiger partial charge in [-0.1, -0.05) is 0 Å². The van der Waals surface area contributed by atoms with E-state index in [1.807, 2.05) is 0 Å². The number of aromatic nitrogens is 1. The molecular formula is C13H10F3NO5. The number of aliphatic carboxylic acids is 1. The van der Waals surface area contributed by atoms with Crippen LogP contribution in [0.2, 0.25) is 0 Å². The van der Waals surface area contributed by atoms with E-state index in [1.54, 1.807) is 0 Å². The van der Waals surface area contributed by atoms with Gasteiger partial charge in [0.2, 0.25) is 0 Å². The first-order chi connectivity index (χ1) is 10.2. The lowest BCUT2D eigenvalue weighted by Crippen LogP contribution is -2.16. The van der Waals surface area contributed by atoms with E-state index < -0.39 is 24.1 Å². The number of rotatable bonds is 5. The van der Waals surface area contributed by atoms with Crippen molar-refractivity contribution >= 4 is 22.8 Å². The van der Waals surface area contributed by atoms with Gasteiger partial charge in [-0.15, -0.1) is 13.2 Å². The predicted octanol–water partition coefficient (Wildman–Crippen LogP) is 2.78. The first-order valence-electron chi connectivity index (χ1n) is 6.03. The Labute approximate surface area is 121 Å². The molecule has 0 bridgehead atoms. The summed E-state index contributed by atoms with van der Waals surface area (Å²) in [6.07, 6.45) is -5.22. The van der Waals surface area contributed by atoms with Crippen molar-refractivity contribution in [1.29, 1.82) is 0 Å². The summed E-state index contributed by atoms with van der Waals surface area (Å²) in [4.78, 5) is 24.3. The molecule has 0 spiro atoms. The minimum absolute atomic E-state index is 0.0591. The summed E-state index contributed by atoms with van der Waals surface area (Å²) in [6.45, 7) is 0. The Balaban J connectivity index is 2.46. The SMILES string of the molecule is O=C(O)CCc1c(C(=O)O)[nH]c2cc(OC(F)(F)F)ccc12. The second-order valence-corrected chi connectivity index (χ2v) is 4.43. The van der Waals surface area contributed by atoms with Crippen molar-refractivity contribution in [2.75, 3.05) is 0 Å². The lowest BCUT2D eigenvalue weighted by molar-refractivity contribution is -0.274. The number of carboxylic acids is 2. The summed E-state index contributed by atoms with van der Waals surface area (Å²) in [7, 11) is 0. The van der Waals surface area contributed by atoms with Crippen molar-refractivity contribution in [3.05, 3.63) is 29.5 Å². The van der Waals surface area contributed by atoms with E-state index in [-0.39, 0.29) is 29.6 Å². The molecule has 0 saturated carbocycles. The van der Waals surface area contributed by atoms with Gasteiger partial charge in [0.1, 0.15) is 11.4 Å². The number of hydrogen-bond donors (Lipinski definition) is 3. The smallest absolute Gasteiger partial charge is 0.481 e. The van der Waals surface area contributed by atoms with Gasteiger partial charge in [0.15, 0.2) is 0 Å². The number of aryl methyl sites for hydroxylation is 1. The maximum Gasteiger partial charge on any atom is 0.573 e. The highest BCUT2D eigenvalue weighted by atomic mass is 19.4. The highest BCUT2D eigenvalue weighted by Gasteiger charge is 2.31. The number of alkyl halides is 3. The highest BCUT2D eigenvalue weighted by Crippen LogP contribution is 2.30. The molecule has 0 amide bonds. The molecule has 9 heteroatoms. The number of fused-ring (bicyclic) bond motifs is 1. The highest BCUT2D eigenvalue weighted by molar-refractivity contribution is 5.98. The third-order valence-corrected chi connectivity index (χ3v) is 2.91. The van der Waals surface area contributed by atoms with Crippen LogP contribution in [0.25, 0.3) is 10.9 Å². The number of nitrogens with one attached hydrogen (secondary N) is 1. The second-order valence-electron chi connectivity index (χ2n) is 4.43. The molecule has 1 heterocycles. The third-order valence-electron chi connectivity index (χ3n) is 2.91. The Kier molecular flexibility index (Phi) is 3.98.